The molecule has 1 aliphatic rings. The highest BCUT2D eigenvalue weighted by Crippen LogP contribution is 2.21. The van der Waals surface area contributed by atoms with Crippen LogP contribution in [0.2, 0.25) is 0 Å². The van der Waals surface area contributed by atoms with Gasteiger partial charge in [-0.15, -0.1) is 0 Å². The van der Waals surface area contributed by atoms with Crippen LogP contribution in [0.25, 0.3) is 0 Å². The number of likely N-dealkylation sites (N-methyl/N-ethyl adjacent to an activating group) is 1. The molecule has 4 nitrogen and oxygen atoms in total. The van der Waals surface area contributed by atoms with Gasteiger partial charge in [0.05, 0.1) is 12.2 Å². The molecule has 1 rings (SSSR count). The van der Waals surface area contributed by atoms with E-state index in [1.807, 2.05) is 4.90 Å². The van der Waals surface area contributed by atoms with E-state index >= 15 is 0 Å². The summed E-state index contributed by atoms with van der Waals surface area (Å²) in [7, 11) is 0. The van der Waals surface area contributed by atoms with E-state index in [-0.39, 0.29) is 24.2 Å². The van der Waals surface area contributed by atoms with E-state index in [1.54, 1.807) is 0 Å². The van der Waals surface area contributed by atoms with Gasteiger partial charge in [0, 0.05) is 12.6 Å². The monoisotopic (exact) mass is 269 g/mol. The van der Waals surface area contributed by atoms with E-state index in [0.717, 1.165) is 26.1 Å². The molecule has 0 bridgehead atoms. The molecule has 1 N–H and O–H groups in total. The molecule has 0 aliphatic carbocycles. The van der Waals surface area contributed by atoms with Gasteiger partial charge in [0.2, 0.25) is 5.91 Å². The lowest BCUT2D eigenvalue weighted by Crippen LogP contribution is -2.47. The highest BCUT2D eigenvalue weighted by molar-refractivity contribution is 5.84. The van der Waals surface area contributed by atoms with Crippen LogP contribution in [0.4, 0.5) is 0 Å². The number of rotatable bonds is 7. The minimum Gasteiger partial charge on any atom is -0.322 e. The average Bonchev–Trinajstić information content (AvgIpc) is 2.70. The number of hydrogen-bond donors (Lipinski definition) is 1. The summed E-state index contributed by atoms with van der Waals surface area (Å²) in [6.45, 7) is 15.9. The van der Waals surface area contributed by atoms with E-state index < -0.39 is 0 Å². The number of amides is 1. The number of nitrogens with zero attached hydrogens (tertiary/aromatic N) is 2. The van der Waals surface area contributed by atoms with Crippen molar-refractivity contribution in [3.63, 3.8) is 0 Å². The molecule has 1 fully saturated rings. The summed E-state index contributed by atoms with van der Waals surface area (Å²) >= 11 is 0. The van der Waals surface area contributed by atoms with E-state index in [0.29, 0.717) is 5.92 Å². The minimum atomic E-state index is -0.000784. The number of hydrogen-bond acceptors (Lipinski definition) is 3. The standard InChI is InChI=1S/C15H31N3O/c1-7-11(4)14-15(19)18(13(6)16-14)12(5)10-17(8-2)9-3/h11-14,16H,7-10H2,1-6H3. The highest BCUT2D eigenvalue weighted by atomic mass is 16.2. The van der Waals surface area contributed by atoms with Crippen molar-refractivity contribution < 1.29 is 4.79 Å². The van der Waals surface area contributed by atoms with E-state index in [4.69, 9.17) is 0 Å². The molecule has 0 aromatic heterocycles. The lowest BCUT2D eigenvalue weighted by molar-refractivity contribution is -0.132. The Morgan fingerprint density at radius 3 is 2.32 bits per heavy atom. The summed E-state index contributed by atoms with van der Waals surface area (Å²) in [5.41, 5.74) is 0. The van der Waals surface area contributed by atoms with E-state index in [2.05, 4.69) is 51.8 Å². The summed E-state index contributed by atoms with van der Waals surface area (Å²) in [6.07, 6.45) is 1.19. The van der Waals surface area contributed by atoms with Crippen molar-refractivity contribution in [3.05, 3.63) is 0 Å². The summed E-state index contributed by atoms with van der Waals surface area (Å²) in [6, 6.07) is 0.267. The zero-order chi connectivity index (χ0) is 14.6. The van der Waals surface area contributed by atoms with Crippen molar-refractivity contribution in [2.45, 2.75) is 66.2 Å². The molecule has 0 radical (unpaired) electrons. The van der Waals surface area contributed by atoms with Gasteiger partial charge in [0.1, 0.15) is 0 Å². The molecule has 112 valence electrons. The second kappa shape index (κ2) is 7.25. The third-order valence-electron chi connectivity index (χ3n) is 4.46. The van der Waals surface area contributed by atoms with Gasteiger partial charge in [-0.3, -0.25) is 10.1 Å². The fraction of sp³-hybridized carbons (Fsp3) is 0.933. The predicted molar refractivity (Wildman–Crippen MR) is 79.9 cm³/mol. The number of nitrogens with one attached hydrogen (secondary N) is 1. The molecule has 0 aromatic carbocycles. The lowest BCUT2D eigenvalue weighted by Gasteiger charge is -2.32. The Bertz CT molecular complexity index is 291. The zero-order valence-electron chi connectivity index (χ0n) is 13.4. The topological polar surface area (TPSA) is 35.6 Å². The maximum absolute atomic E-state index is 12.6. The highest BCUT2D eigenvalue weighted by Gasteiger charge is 2.41. The van der Waals surface area contributed by atoms with Crippen LogP contribution in [0, 0.1) is 5.92 Å². The Hall–Kier alpha value is -0.610. The van der Waals surface area contributed by atoms with Gasteiger partial charge in [-0.1, -0.05) is 34.1 Å². The first-order valence-electron chi connectivity index (χ1n) is 7.76. The molecule has 1 amide bonds. The maximum Gasteiger partial charge on any atom is 0.241 e. The Morgan fingerprint density at radius 2 is 1.84 bits per heavy atom. The van der Waals surface area contributed by atoms with E-state index in [1.165, 1.54) is 0 Å². The number of carbonyl (C=O) groups is 1. The van der Waals surface area contributed by atoms with Crippen molar-refractivity contribution in [2.75, 3.05) is 19.6 Å². The molecular weight excluding hydrogens is 238 g/mol. The van der Waals surface area contributed by atoms with Crippen LogP contribution in [0.15, 0.2) is 0 Å². The van der Waals surface area contributed by atoms with Crippen molar-refractivity contribution in [1.29, 1.82) is 0 Å². The van der Waals surface area contributed by atoms with Crippen LogP contribution >= 0.6 is 0 Å². The lowest BCUT2D eigenvalue weighted by atomic mass is 9.99. The molecule has 0 saturated carbocycles. The van der Waals surface area contributed by atoms with Crippen LogP contribution in [0.3, 0.4) is 0 Å². The Balaban J connectivity index is 2.69. The van der Waals surface area contributed by atoms with Crippen LogP contribution in [-0.4, -0.2) is 53.6 Å². The van der Waals surface area contributed by atoms with Crippen LogP contribution in [0.1, 0.15) is 48.0 Å². The molecule has 19 heavy (non-hydrogen) atoms. The first kappa shape index (κ1) is 16.4. The summed E-state index contributed by atoms with van der Waals surface area (Å²) in [5, 5.41) is 3.45. The molecular formula is C15H31N3O. The van der Waals surface area contributed by atoms with Gasteiger partial charge in [0.25, 0.3) is 0 Å². The first-order valence-corrected chi connectivity index (χ1v) is 7.76. The van der Waals surface area contributed by atoms with Crippen molar-refractivity contribution >= 4 is 5.91 Å². The van der Waals surface area contributed by atoms with Crippen molar-refractivity contribution in [1.82, 2.24) is 15.1 Å². The van der Waals surface area contributed by atoms with Gasteiger partial charge in [-0.25, -0.2) is 0 Å². The Labute approximate surface area is 118 Å². The van der Waals surface area contributed by atoms with Crippen LogP contribution in [0.5, 0.6) is 0 Å². The summed E-state index contributed by atoms with van der Waals surface area (Å²) in [4.78, 5) is 17.0. The first-order chi connectivity index (χ1) is 8.96. The second-order valence-electron chi connectivity index (χ2n) is 5.79. The Morgan fingerprint density at radius 1 is 1.26 bits per heavy atom. The van der Waals surface area contributed by atoms with Crippen molar-refractivity contribution in [2.24, 2.45) is 5.92 Å². The second-order valence-corrected chi connectivity index (χ2v) is 5.79. The predicted octanol–water partition coefficient (Wildman–Crippen LogP) is 1.91. The quantitative estimate of drug-likeness (QED) is 0.767. The summed E-state index contributed by atoms with van der Waals surface area (Å²) < 4.78 is 0. The largest absolute Gasteiger partial charge is 0.322 e. The average molecular weight is 269 g/mol. The third kappa shape index (κ3) is 3.69. The Kier molecular flexibility index (Phi) is 6.27. The van der Waals surface area contributed by atoms with E-state index in [9.17, 15) is 4.79 Å². The molecule has 0 aromatic rings. The number of carbonyl (C=O) groups excluding carboxylic acids is 1. The van der Waals surface area contributed by atoms with Gasteiger partial charge in [-0.2, -0.15) is 0 Å². The van der Waals surface area contributed by atoms with Gasteiger partial charge < -0.3 is 9.80 Å². The summed E-state index contributed by atoms with van der Waals surface area (Å²) in [5.74, 6) is 0.683. The van der Waals surface area contributed by atoms with Gasteiger partial charge >= 0.3 is 0 Å². The molecule has 0 spiro atoms. The fourth-order valence-electron chi connectivity index (χ4n) is 2.95. The molecule has 1 saturated heterocycles. The zero-order valence-corrected chi connectivity index (χ0v) is 13.4. The molecule has 1 heterocycles. The SMILES string of the molecule is CCC(C)C1NC(C)N(C(C)CN(CC)CC)C1=O. The van der Waals surface area contributed by atoms with Crippen LogP contribution in [-0.2, 0) is 4.79 Å². The minimum absolute atomic E-state index is 0.000784. The fourth-order valence-corrected chi connectivity index (χ4v) is 2.95. The molecule has 4 heteroatoms. The molecule has 4 unspecified atom stereocenters. The molecule has 4 atom stereocenters. The van der Waals surface area contributed by atoms with Gasteiger partial charge in [-0.05, 0) is 32.9 Å². The van der Waals surface area contributed by atoms with Crippen LogP contribution < -0.4 is 5.32 Å². The van der Waals surface area contributed by atoms with Gasteiger partial charge in [0.15, 0.2) is 0 Å². The normalized spacial score (nSPS) is 27.1. The molecule has 1 aliphatic heterocycles. The smallest absolute Gasteiger partial charge is 0.241 e. The van der Waals surface area contributed by atoms with Crippen molar-refractivity contribution in [3.8, 4) is 0 Å². The maximum atomic E-state index is 12.6. The third-order valence-corrected chi connectivity index (χ3v) is 4.46.